The molecule has 0 radical (unpaired) electrons. The molecule has 5 heteroatoms. The quantitative estimate of drug-likeness (QED) is 0.707. The van der Waals surface area contributed by atoms with E-state index in [-0.39, 0.29) is 0 Å². The van der Waals surface area contributed by atoms with Gasteiger partial charge < -0.3 is 9.47 Å². The molecule has 2 heterocycles. The first-order valence-corrected chi connectivity index (χ1v) is 8.16. The van der Waals surface area contributed by atoms with Crippen molar-refractivity contribution in [2.45, 2.75) is 13.3 Å². The van der Waals surface area contributed by atoms with Gasteiger partial charge >= 0.3 is 0 Å². The topological polar surface area (TPSA) is 44.2 Å². The monoisotopic (exact) mass is 326 g/mol. The Labute approximate surface area is 139 Å². The van der Waals surface area contributed by atoms with Crippen LogP contribution in [0.15, 0.2) is 41.9 Å². The molecule has 1 aromatic carbocycles. The standard InChI is InChI=1S/C18H18N2O2S/c1-12-4-6-14(19-10-12)9-18-20-15(11-23-18)13-5-7-16(21-2)17(8-13)22-3/h4-8,10-11H,9H2,1-3H3. The molecule has 0 fully saturated rings. The molecule has 0 saturated carbocycles. The fourth-order valence-electron chi connectivity index (χ4n) is 2.28. The minimum atomic E-state index is 0.708. The molecule has 0 N–H and O–H groups in total. The lowest BCUT2D eigenvalue weighted by Crippen LogP contribution is -1.92. The Morgan fingerprint density at radius 1 is 1.04 bits per heavy atom. The van der Waals surface area contributed by atoms with Crippen LogP contribution in [0.4, 0.5) is 0 Å². The Balaban J connectivity index is 1.82. The smallest absolute Gasteiger partial charge is 0.161 e. The number of aryl methyl sites for hydroxylation is 1. The van der Waals surface area contributed by atoms with Gasteiger partial charge in [0.2, 0.25) is 0 Å². The van der Waals surface area contributed by atoms with Crippen LogP contribution in [0.25, 0.3) is 11.3 Å². The second kappa shape index (κ2) is 6.79. The Kier molecular flexibility index (Phi) is 4.57. The van der Waals surface area contributed by atoms with E-state index in [0.717, 1.165) is 34.1 Å². The summed E-state index contributed by atoms with van der Waals surface area (Å²) in [6.45, 7) is 2.04. The van der Waals surface area contributed by atoms with E-state index >= 15 is 0 Å². The molecule has 3 aromatic rings. The van der Waals surface area contributed by atoms with E-state index in [4.69, 9.17) is 14.5 Å². The van der Waals surface area contributed by atoms with Gasteiger partial charge in [0.05, 0.1) is 24.9 Å². The molecular formula is C18H18N2O2S. The third kappa shape index (κ3) is 3.51. The molecule has 118 valence electrons. The van der Waals surface area contributed by atoms with Gasteiger partial charge in [-0.2, -0.15) is 0 Å². The van der Waals surface area contributed by atoms with Crippen molar-refractivity contribution in [2.75, 3.05) is 14.2 Å². The molecule has 3 rings (SSSR count). The fraction of sp³-hybridized carbons (Fsp3) is 0.222. The molecule has 4 nitrogen and oxygen atoms in total. The first kappa shape index (κ1) is 15.5. The van der Waals surface area contributed by atoms with Crippen molar-refractivity contribution in [1.29, 1.82) is 0 Å². The lowest BCUT2D eigenvalue weighted by Gasteiger charge is -2.08. The maximum Gasteiger partial charge on any atom is 0.161 e. The van der Waals surface area contributed by atoms with E-state index < -0.39 is 0 Å². The van der Waals surface area contributed by atoms with E-state index in [1.165, 1.54) is 5.56 Å². The zero-order valence-corrected chi connectivity index (χ0v) is 14.2. The summed E-state index contributed by atoms with van der Waals surface area (Å²) >= 11 is 1.64. The van der Waals surface area contributed by atoms with Gasteiger partial charge in [0.15, 0.2) is 11.5 Å². The number of pyridine rings is 1. The first-order valence-electron chi connectivity index (χ1n) is 7.28. The Hall–Kier alpha value is -2.40. The SMILES string of the molecule is COc1ccc(-c2csc(Cc3ccc(C)cn3)n2)cc1OC. The highest BCUT2D eigenvalue weighted by molar-refractivity contribution is 7.10. The molecule has 0 saturated heterocycles. The average molecular weight is 326 g/mol. The second-order valence-corrected chi connectivity index (χ2v) is 6.14. The maximum absolute atomic E-state index is 5.35. The summed E-state index contributed by atoms with van der Waals surface area (Å²) in [5, 5.41) is 3.11. The number of ether oxygens (including phenoxy) is 2. The highest BCUT2D eigenvalue weighted by Gasteiger charge is 2.10. The predicted octanol–water partition coefficient (Wildman–Crippen LogP) is 4.12. The summed E-state index contributed by atoms with van der Waals surface area (Å²) in [5.74, 6) is 1.43. The molecule has 0 aliphatic carbocycles. The van der Waals surface area contributed by atoms with Crippen molar-refractivity contribution in [3.05, 3.63) is 58.2 Å². The number of hydrogen-bond acceptors (Lipinski definition) is 5. The summed E-state index contributed by atoms with van der Waals surface area (Å²) in [7, 11) is 3.27. The maximum atomic E-state index is 5.35. The largest absolute Gasteiger partial charge is 0.493 e. The summed E-state index contributed by atoms with van der Waals surface area (Å²) in [6.07, 6.45) is 2.64. The number of hydrogen-bond donors (Lipinski definition) is 0. The van der Waals surface area contributed by atoms with Gasteiger partial charge in [-0.3, -0.25) is 4.98 Å². The lowest BCUT2D eigenvalue weighted by molar-refractivity contribution is 0.355. The first-order chi connectivity index (χ1) is 11.2. The zero-order valence-electron chi connectivity index (χ0n) is 13.4. The van der Waals surface area contributed by atoms with Crippen LogP contribution in [0.3, 0.4) is 0 Å². The minimum Gasteiger partial charge on any atom is -0.493 e. The molecule has 0 bridgehead atoms. The van der Waals surface area contributed by atoms with Crippen molar-refractivity contribution in [2.24, 2.45) is 0 Å². The number of methoxy groups -OCH3 is 2. The summed E-state index contributed by atoms with van der Waals surface area (Å²) in [5.41, 5.74) is 4.16. The molecule has 0 atom stereocenters. The molecule has 0 spiro atoms. The van der Waals surface area contributed by atoms with E-state index in [9.17, 15) is 0 Å². The second-order valence-electron chi connectivity index (χ2n) is 5.20. The van der Waals surface area contributed by atoms with E-state index in [1.54, 1.807) is 25.6 Å². The number of nitrogens with zero attached hydrogens (tertiary/aromatic N) is 2. The molecule has 0 amide bonds. The van der Waals surface area contributed by atoms with Crippen molar-refractivity contribution >= 4 is 11.3 Å². The third-order valence-corrected chi connectivity index (χ3v) is 4.38. The van der Waals surface area contributed by atoms with Gasteiger partial charge in [-0.25, -0.2) is 4.98 Å². The normalized spacial score (nSPS) is 10.6. The molecule has 0 aliphatic rings. The number of rotatable bonds is 5. The van der Waals surface area contributed by atoms with Crippen LogP contribution in [0.1, 0.15) is 16.3 Å². The van der Waals surface area contributed by atoms with Gasteiger partial charge in [-0.1, -0.05) is 6.07 Å². The molecule has 23 heavy (non-hydrogen) atoms. The summed E-state index contributed by atoms with van der Waals surface area (Å²) in [6, 6.07) is 9.96. The van der Waals surface area contributed by atoms with Crippen LogP contribution in [0.5, 0.6) is 11.5 Å². The number of aromatic nitrogens is 2. The summed E-state index contributed by atoms with van der Waals surface area (Å²) < 4.78 is 10.6. The van der Waals surface area contributed by atoms with Crippen molar-refractivity contribution in [1.82, 2.24) is 9.97 Å². The van der Waals surface area contributed by atoms with Gasteiger partial charge in [-0.05, 0) is 36.8 Å². The lowest BCUT2D eigenvalue weighted by atomic mass is 10.1. The fourth-order valence-corrected chi connectivity index (χ4v) is 3.10. The highest BCUT2D eigenvalue weighted by Crippen LogP contribution is 2.32. The van der Waals surface area contributed by atoms with Crippen LogP contribution < -0.4 is 9.47 Å². The van der Waals surface area contributed by atoms with Gasteiger partial charge in [0, 0.05) is 29.3 Å². The summed E-state index contributed by atoms with van der Waals surface area (Å²) in [4.78, 5) is 9.15. The Bertz CT molecular complexity index is 797. The molecule has 0 aliphatic heterocycles. The van der Waals surface area contributed by atoms with Crippen LogP contribution in [-0.4, -0.2) is 24.2 Å². The van der Waals surface area contributed by atoms with Crippen LogP contribution in [0.2, 0.25) is 0 Å². The molecule has 2 aromatic heterocycles. The van der Waals surface area contributed by atoms with E-state index in [0.29, 0.717) is 5.75 Å². The van der Waals surface area contributed by atoms with Gasteiger partial charge in [0.1, 0.15) is 0 Å². The number of benzene rings is 1. The minimum absolute atomic E-state index is 0.708. The van der Waals surface area contributed by atoms with Gasteiger partial charge in [-0.15, -0.1) is 11.3 Å². The zero-order chi connectivity index (χ0) is 16.2. The molecular weight excluding hydrogens is 308 g/mol. The molecule has 0 unspecified atom stereocenters. The number of thiazole rings is 1. The van der Waals surface area contributed by atoms with Crippen molar-refractivity contribution in [3.8, 4) is 22.8 Å². The van der Waals surface area contributed by atoms with Crippen LogP contribution in [-0.2, 0) is 6.42 Å². The Morgan fingerprint density at radius 2 is 1.87 bits per heavy atom. The van der Waals surface area contributed by atoms with Gasteiger partial charge in [0.25, 0.3) is 0 Å². The highest BCUT2D eigenvalue weighted by atomic mass is 32.1. The predicted molar refractivity (Wildman–Crippen MR) is 92.4 cm³/mol. The van der Waals surface area contributed by atoms with E-state index in [1.807, 2.05) is 37.4 Å². The average Bonchev–Trinajstić information content (AvgIpc) is 3.05. The third-order valence-electron chi connectivity index (χ3n) is 3.54. The van der Waals surface area contributed by atoms with E-state index in [2.05, 4.69) is 16.4 Å². The Morgan fingerprint density at radius 3 is 2.57 bits per heavy atom. The van der Waals surface area contributed by atoms with Crippen LogP contribution in [0, 0.1) is 6.92 Å². The van der Waals surface area contributed by atoms with Crippen molar-refractivity contribution in [3.63, 3.8) is 0 Å². The van der Waals surface area contributed by atoms with Crippen molar-refractivity contribution < 1.29 is 9.47 Å². The van der Waals surface area contributed by atoms with Crippen LogP contribution >= 0.6 is 11.3 Å².